The van der Waals surface area contributed by atoms with Crippen LogP contribution in [0.1, 0.15) is 55.9 Å². The first-order valence-corrected chi connectivity index (χ1v) is 7.38. The summed E-state index contributed by atoms with van der Waals surface area (Å²) >= 11 is 0. The fourth-order valence-electron chi connectivity index (χ4n) is 3.40. The standard InChI is InChI=1S/C15H22N2O2/c16-12-5-2-1-4-10(12)15(18)17-13-6-3-7-14-11(13)8-9-19-14/h8-10,12-13H,1-7,16H2,(H,17,18). The van der Waals surface area contributed by atoms with Crippen molar-refractivity contribution in [1.29, 1.82) is 0 Å². The summed E-state index contributed by atoms with van der Waals surface area (Å²) in [5, 5.41) is 3.18. The Morgan fingerprint density at radius 3 is 2.95 bits per heavy atom. The van der Waals surface area contributed by atoms with Gasteiger partial charge in [-0.3, -0.25) is 4.79 Å². The van der Waals surface area contributed by atoms with E-state index in [1.54, 1.807) is 6.26 Å². The summed E-state index contributed by atoms with van der Waals surface area (Å²) in [6.07, 6.45) is 8.95. The van der Waals surface area contributed by atoms with Crippen molar-refractivity contribution in [3.05, 3.63) is 23.7 Å². The van der Waals surface area contributed by atoms with Gasteiger partial charge < -0.3 is 15.5 Å². The van der Waals surface area contributed by atoms with E-state index in [1.165, 1.54) is 0 Å². The van der Waals surface area contributed by atoms with Crippen LogP contribution < -0.4 is 11.1 Å². The summed E-state index contributed by atoms with van der Waals surface area (Å²) in [7, 11) is 0. The molecule has 1 aromatic heterocycles. The molecule has 1 aromatic rings. The molecule has 1 saturated carbocycles. The van der Waals surface area contributed by atoms with Crippen LogP contribution in [-0.4, -0.2) is 11.9 Å². The Balaban J connectivity index is 1.67. The van der Waals surface area contributed by atoms with Crippen molar-refractivity contribution in [2.45, 2.75) is 57.0 Å². The van der Waals surface area contributed by atoms with Gasteiger partial charge in [0.2, 0.25) is 5.91 Å². The van der Waals surface area contributed by atoms with Crippen LogP contribution in [-0.2, 0) is 11.2 Å². The normalized spacial score (nSPS) is 30.7. The van der Waals surface area contributed by atoms with E-state index in [-0.39, 0.29) is 23.9 Å². The third kappa shape index (κ3) is 2.54. The number of hydrogen-bond acceptors (Lipinski definition) is 3. The van der Waals surface area contributed by atoms with Gasteiger partial charge in [-0.2, -0.15) is 0 Å². The van der Waals surface area contributed by atoms with Crippen LogP contribution in [0.5, 0.6) is 0 Å². The van der Waals surface area contributed by atoms with Gasteiger partial charge in [0.05, 0.1) is 18.2 Å². The fourth-order valence-corrected chi connectivity index (χ4v) is 3.40. The topological polar surface area (TPSA) is 68.3 Å². The van der Waals surface area contributed by atoms with Crippen molar-refractivity contribution < 1.29 is 9.21 Å². The molecule has 3 unspecified atom stereocenters. The minimum Gasteiger partial charge on any atom is -0.469 e. The largest absolute Gasteiger partial charge is 0.469 e. The molecule has 3 N–H and O–H groups in total. The van der Waals surface area contributed by atoms with E-state index in [0.717, 1.165) is 56.3 Å². The molecule has 2 aliphatic carbocycles. The first-order valence-electron chi connectivity index (χ1n) is 7.38. The van der Waals surface area contributed by atoms with Crippen LogP contribution in [0.2, 0.25) is 0 Å². The van der Waals surface area contributed by atoms with E-state index in [0.29, 0.717) is 0 Å². The van der Waals surface area contributed by atoms with Crippen LogP contribution in [0, 0.1) is 5.92 Å². The number of furan rings is 1. The smallest absolute Gasteiger partial charge is 0.225 e. The zero-order valence-electron chi connectivity index (χ0n) is 11.2. The minimum atomic E-state index is -0.00831. The molecule has 3 rings (SSSR count). The number of rotatable bonds is 2. The molecule has 0 bridgehead atoms. The summed E-state index contributed by atoms with van der Waals surface area (Å²) in [5.74, 6) is 1.15. The zero-order valence-corrected chi connectivity index (χ0v) is 11.2. The summed E-state index contributed by atoms with van der Waals surface area (Å²) in [6.45, 7) is 0. The SMILES string of the molecule is NC1CCCCC1C(=O)NC1CCCc2occc21. The molecule has 2 aliphatic rings. The Kier molecular flexibility index (Phi) is 3.60. The molecule has 3 atom stereocenters. The number of amides is 1. The maximum absolute atomic E-state index is 12.4. The second kappa shape index (κ2) is 5.37. The van der Waals surface area contributed by atoms with Gasteiger partial charge in [-0.05, 0) is 31.7 Å². The Bertz CT molecular complexity index is 455. The fraction of sp³-hybridized carbons (Fsp3) is 0.667. The highest BCUT2D eigenvalue weighted by molar-refractivity contribution is 5.80. The van der Waals surface area contributed by atoms with Crippen LogP contribution in [0.4, 0.5) is 0 Å². The van der Waals surface area contributed by atoms with E-state index in [4.69, 9.17) is 10.2 Å². The van der Waals surface area contributed by atoms with Gasteiger partial charge >= 0.3 is 0 Å². The number of hydrogen-bond donors (Lipinski definition) is 2. The molecule has 4 nitrogen and oxygen atoms in total. The first-order chi connectivity index (χ1) is 9.25. The quantitative estimate of drug-likeness (QED) is 0.859. The first kappa shape index (κ1) is 12.7. The highest BCUT2D eigenvalue weighted by Crippen LogP contribution is 2.31. The van der Waals surface area contributed by atoms with E-state index in [2.05, 4.69) is 5.32 Å². The average molecular weight is 262 g/mol. The lowest BCUT2D eigenvalue weighted by Gasteiger charge is -2.30. The molecule has 0 saturated heterocycles. The summed E-state index contributed by atoms with van der Waals surface area (Å²) in [4.78, 5) is 12.4. The van der Waals surface area contributed by atoms with Crippen molar-refractivity contribution in [2.24, 2.45) is 11.7 Å². The van der Waals surface area contributed by atoms with E-state index >= 15 is 0 Å². The minimum absolute atomic E-state index is 0.00831. The highest BCUT2D eigenvalue weighted by atomic mass is 16.3. The third-order valence-electron chi connectivity index (χ3n) is 4.52. The molecule has 0 aromatic carbocycles. The highest BCUT2D eigenvalue weighted by Gasteiger charge is 2.31. The van der Waals surface area contributed by atoms with Gasteiger partial charge in [0.1, 0.15) is 5.76 Å². The van der Waals surface area contributed by atoms with Gasteiger partial charge in [-0.15, -0.1) is 0 Å². The maximum Gasteiger partial charge on any atom is 0.225 e. The van der Waals surface area contributed by atoms with Crippen molar-refractivity contribution in [3.8, 4) is 0 Å². The van der Waals surface area contributed by atoms with Crippen LogP contribution in [0.3, 0.4) is 0 Å². The number of nitrogens with two attached hydrogens (primary N) is 1. The van der Waals surface area contributed by atoms with Crippen LogP contribution >= 0.6 is 0 Å². The number of aryl methyl sites for hydroxylation is 1. The van der Waals surface area contributed by atoms with Crippen molar-refractivity contribution in [1.82, 2.24) is 5.32 Å². The Morgan fingerprint density at radius 2 is 2.11 bits per heavy atom. The molecular weight excluding hydrogens is 240 g/mol. The second-order valence-electron chi connectivity index (χ2n) is 5.81. The van der Waals surface area contributed by atoms with Crippen molar-refractivity contribution >= 4 is 5.91 Å². The molecule has 19 heavy (non-hydrogen) atoms. The maximum atomic E-state index is 12.4. The van der Waals surface area contributed by atoms with E-state index in [1.807, 2.05) is 6.07 Å². The number of fused-ring (bicyclic) bond motifs is 1. The average Bonchev–Trinajstić information content (AvgIpc) is 2.88. The molecule has 1 heterocycles. The molecule has 0 radical (unpaired) electrons. The van der Waals surface area contributed by atoms with Crippen molar-refractivity contribution in [2.75, 3.05) is 0 Å². The predicted molar refractivity (Wildman–Crippen MR) is 72.5 cm³/mol. The number of carbonyl (C=O) groups excluding carboxylic acids is 1. The second-order valence-corrected chi connectivity index (χ2v) is 5.81. The van der Waals surface area contributed by atoms with Crippen molar-refractivity contribution in [3.63, 3.8) is 0 Å². The molecule has 0 aliphatic heterocycles. The molecule has 0 spiro atoms. The monoisotopic (exact) mass is 262 g/mol. The van der Waals surface area contributed by atoms with Gasteiger partial charge in [0.25, 0.3) is 0 Å². The summed E-state index contributed by atoms with van der Waals surface area (Å²) < 4.78 is 5.46. The third-order valence-corrected chi connectivity index (χ3v) is 4.52. The zero-order chi connectivity index (χ0) is 13.2. The van der Waals surface area contributed by atoms with Gasteiger partial charge in [-0.1, -0.05) is 12.8 Å². The van der Waals surface area contributed by atoms with Crippen LogP contribution in [0.25, 0.3) is 0 Å². The molecule has 104 valence electrons. The lowest BCUT2D eigenvalue weighted by atomic mass is 9.84. The van der Waals surface area contributed by atoms with Crippen LogP contribution in [0.15, 0.2) is 16.7 Å². The lowest BCUT2D eigenvalue weighted by Crippen LogP contribution is -2.45. The van der Waals surface area contributed by atoms with E-state index < -0.39 is 0 Å². The predicted octanol–water partition coefficient (Wildman–Crippen LogP) is 2.29. The Labute approximate surface area is 113 Å². The lowest BCUT2D eigenvalue weighted by molar-refractivity contribution is -0.127. The number of nitrogens with one attached hydrogen (secondary N) is 1. The Hall–Kier alpha value is -1.29. The summed E-state index contributed by atoms with van der Waals surface area (Å²) in [5.41, 5.74) is 7.24. The molecular formula is C15H22N2O2. The van der Waals surface area contributed by atoms with Gasteiger partial charge in [0.15, 0.2) is 0 Å². The Morgan fingerprint density at radius 1 is 1.26 bits per heavy atom. The molecule has 1 fully saturated rings. The van der Waals surface area contributed by atoms with Gasteiger partial charge in [-0.25, -0.2) is 0 Å². The molecule has 4 heteroatoms. The summed E-state index contributed by atoms with van der Waals surface area (Å²) in [6, 6.07) is 2.13. The van der Waals surface area contributed by atoms with Gasteiger partial charge in [0, 0.05) is 18.0 Å². The number of carbonyl (C=O) groups is 1. The van der Waals surface area contributed by atoms with E-state index in [9.17, 15) is 4.79 Å². The molecule has 1 amide bonds.